The molecule has 0 spiro atoms. The molecule has 744 valence electrons. The first-order valence-electron chi connectivity index (χ1n) is 49.8. The first kappa shape index (κ1) is 134. The van der Waals surface area contributed by atoms with Crippen LogP contribution in [0.2, 0.25) is 0 Å². The minimum Gasteiger partial charge on any atom is -0.348 e. The van der Waals surface area contributed by atoms with Gasteiger partial charge in [-0.05, 0) is 152 Å². The summed E-state index contributed by atoms with van der Waals surface area (Å²) in [7, 11) is 1.89. The Morgan fingerprint density at radius 3 is 0.795 bits per heavy atom. The highest BCUT2D eigenvalue weighted by Gasteiger charge is 2.32. The summed E-state index contributed by atoms with van der Waals surface area (Å²) in [4.78, 5) is 81.5. The van der Waals surface area contributed by atoms with Gasteiger partial charge in [0.1, 0.15) is 5.69 Å². The second-order valence-corrected chi connectivity index (χ2v) is 45.8. The van der Waals surface area contributed by atoms with Crippen molar-refractivity contribution in [3.8, 4) is 0 Å². The lowest BCUT2D eigenvalue weighted by Crippen LogP contribution is -2.22. The van der Waals surface area contributed by atoms with E-state index in [9.17, 15) is 28.8 Å². The molecule has 0 saturated heterocycles. The molecule has 5 aromatic carbocycles. The highest BCUT2D eigenvalue weighted by Crippen LogP contribution is 2.41. The molecular weight excluding hydrogens is 1620 g/mol. The molecule has 9 heteroatoms. The van der Waals surface area contributed by atoms with E-state index in [-0.39, 0.29) is 83.4 Å². The van der Waals surface area contributed by atoms with Crippen molar-refractivity contribution in [1.82, 2.24) is 14.5 Å². The molecule has 8 aromatic rings. The molecule has 3 heterocycles. The number of hydrogen-bond acceptors (Lipinski definition) is 8. The largest absolute Gasteiger partial charge is 0.348 e. The second kappa shape index (κ2) is 60.0. The lowest BCUT2D eigenvalue weighted by atomic mass is 9.85. The zero-order valence-corrected chi connectivity index (χ0v) is 96.0. The SMILES string of the molecule is CC.CC.CC.CC.CC.CC.CC.CC.CC(C)(C)C.CC(C)(C)C.CC(C)(C)C.CC(C)(C)C(=O)c1ccc2c(c1)C=C(C(C)(C)C)C2.CC(C)(C)C(=O)c1ccc2c(c1)C=C(C(C)(C)C)C2.CC(C)(C)C(=O)c1ccc2c(c1)C=C(C(C)(C)C)C2.CC(C)(C)C(=O)c1ccc2ccccc2n1.CC(C)(C)C(=O)c1ccc2ncccc2c1.Cn1cccc1C(=O)C(C)(C)C. The zero-order chi connectivity index (χ0) is 106. The van der Waals surface area contributed by atoms with E-state index in [2.05, 4.69) is 210 Å². The molecule has 132 heavy (non-hydrogen) atoms. The van der Waals surface area contributed by atoms with Gasteiger partial charge < -0.3 is 4.57 Å². The number of pyridine rings is 2. The van der Waals surface area contributed by atoms with E-state index >= 15 is 0 Å². The number of ketones is 6. The molecule has 0 atom stereocenters. The summed E-state index contributed by atoms with van der Waals surface area (Å²) in [6.07, 6.45) is 13.5. The van der Waals surface area contributed by atoms with Gasteiger partial charge in [0, 0.05) is 85.0 Å². The maximum Gasteiger partial charge on any atom is 0.186 e. The monoisotopic (exact) mass is 1820 g/mol. The fourth-order valence-electron chi connectivity index (χ4n) is 11.5. The summed E-state index contributed by atoms with van der Waals surface area (Å²) >= 11 is 0. The van der Waals surface area contributed by atoms with Crippen molar-refractivity contribution in [2.24, 2.45) is 72.0 Å². The van der Waals surface area contributed by atoms with Crippen molar-refractivity contribution in [2.45, 2.75) is 400 Å². The van der Waals surface area contributed by atoms with E-state index in [1.165, 1.54) is 50.1 Å². The number of nitrogens with zero attached hydrogens (tertiary/aromatic N) is 3. The summed E-state index contributed by atoms with van der Waals surface area (Å²) in [6.45, 7) is 113. The number of aromatic nitrogens is 3. The Morgan fingerprint density at radius 1 is 0.265 bits per heavy atom. The third-order valence-electron chi connectivity index (χ3n) is 18.2. The van der Waals surface area contributed by atoms with Crippen molar-refractivity contribution in [1.29, 1.82) is 0 Å². The van der Waals surface area contributed by atoms with Crippen LogP contribution < -0.4 is 0 Å². The Hall–Kier alpha value is -8.56. The van der Waals surface area contributed by atoms with Gasteiger partial charge in [-0.15, -0.1) is 0 Å². The van der Waals surface area contributed by atoms with E-state index in [0.29, 0.717) is 21.9 Å². The number of carbonyl (C=O) groups is 6. The summed E-state index contributed by atoms with van der Waals surface area (Å²) in [5, 5.41) is 2.07. The average Bonchev–Trinajstić information content (AvgIpc) is 1.57. The Kier molecular flexibility index (Phi) is 61.0. The van der Waals surface area contributed by atoms with E-state index in [1.807, 2.05) is 344 Å². The minimum absolute atomic E-state index is 0.0817. The Morgan fingerprint density at radius 2 is 0.530 bits per heavy atom. The maximum atomic E-state index is 12.3. The minimum atomic E-state index is -0.380. The van der Waals surface area contributed by atoms with Crippen molar-refractivity contribution < 1.29 is 28.8 Å². The fourth-order valence-corrected chi connectivity index (χ4v) is 11.5. The van der Waals surface area contributed by atoms with E-state index < -0.39 is 0 Å². The van der Waals surface area contributed by atoms with Gasteiger partial charge in [0.05, 0.1) is 16.7 Å². The number of hydrogen-bond donors (Lipinski definition) is 0. The van der Waals surface area contributed by atoms with Gasteiger partial charge in [0.25, 0.3) is 0 Å². The van der Waals surface area contributed by atoms with Crippen molar-refractivity contribution in [3.05, 3.63) is 230 Å². The van der Waals surface area contributed by atoms with Crippen LogP contribution in [0, 0.1) is 65.0 Å². The number of aryl methyl sites for hydroxylation is 1. The molecule has 3 aromatic heterocycles. The zero-order valence-electron chi connectivity index (χ0n) is 96.0. The molecule has 0 bridgehead atoms. The van der Waals surface area contributed by atoms with Crippen LogP contribution in [0.5, 0.6) is 0 Å². The van der Waals surface area contributed by atoms with Crippen LogP contribution in [-0.4, -0.2) is 49.2 Å². The third kappa shape index (κ3) is 52.9. The smallest absolute Gasteiger partial charge is 0.186 e. The predicted octanol–water partition coefficient (Wildman–Crippen LogP) is 38.3. The van der Waals surface area contributed by atoms with Gasteiger partial charge in [-0.25, -0.2) is 4.98 Å². The quantitative estimate of drug-likeness (QED) is 0.150. The lowest BCUT2D eigenvalue weighted by Gasteiger charge is -2.20. The Labute approximate surface area is 814 Å². The number of benzene rings is 5. The van der Waals surface area contributed by atoms with Gasteiger partial charge in [-0.3, -0.25) is 33.8 Å². The molecule has 3 aliphatic rings. The van der Waals surface area contributed by atoms with Crippen LogP contribution in [-0.2, 0) is 26.3 Å². The summed E-state index contributed by atoms with van der Waals surface area (Å²) in [5.41, 5.74) is 18.6. The van der Waals surface area contributed by atoms with Gasteiger partial charge in [0.15, 0.2) is 34.7 Å². The first-order valence-corrected chi connectivity index (χ1v) is 49.8. The summed E-state index contributed by atoms with van der Waals surface area (Å²) in [6, 6.07) is 43.3. The predicted molar refractivity (Wildman–Crippen MR) is 591 cm³/mol. The third-order valence-corrected chi connectivity index (χ3v) is 18.2. The van der Waals surface area contributed by atoms with Crippen LogP contribution in [0.3, 0.4) is 0 Å². The van der Waals surface area contributed by atoms with Crippen LogP contribution in [0.15, 0.2) is 163 Å². The molecule has 11 rings (SSSR count). The molecule has 0 aliphatic heterocycles. The standard InChI is InChI=1S/3C18H24O.2C14H15NO.C10H15NO.3C5H12.8C2H6/c3*1-17(2,3)15-10-12-7-8-13(9-14(12)11-15)16(19)18(4,5)6;1-14(2,3)13(16)11-6-7-12-10(9-11)5-4-8-15-12;1-14(2,3)13(16)12-9-8-10-6-4-5-7-11(10)15-12;1-10(2,3)9(12)8-6-5-7-11(8)4;3*1-5(2,3)4;8*1-2/h3*7-9,11H,10H2,1-6H3;2*4-9H,1-3H3;5-7H,1-4H3;3*1-4H3;8*1-2H3. The van der Waals surface area contributed by atoms with Gasteiger partial charge in [-0.2, -0.15) is 0 Å². The van der Waals surface area contributed by atoms with Crippen LogP contribution in [0.4, 0.5) is 0 Å². The van der Waals surface area contributed by atoms with E-state index in [4.69, 9.17) is 0 Å². The molecule has 0 radical (unpaired) electrons. The van der Waals surface area contributed by atoms with Gasteiger partial charge in [0.2, 0.25) is 0 Å². The van der Waals surface area contributed by atoms with Gasteiger partial charge >= 0.3 is 0 Å². The molecule has 0 saturated carbocycles. The van der Waals surface area contributed by atoms with E-state index in [1.54, 1.807) is 12.3 Å². The van der Waals surface area contributed by atoms with Crippen LogP contribution in [0.25, 0.3) is 40.0 Å². The highest BCUT2D eigenvalue weighted by atomic mass is 16.1. The van der Waals surface area contributed by atoms with Crippen molar-refractivity contribution >= 4 is 74.7 Å². The molecule has 9 nitrogen and oxygen atoms in total. The van der Waals surface area contributed by atoms with Crippen LogP contribution >= 0.6 is 0 Å². The average molecular weight is 1820 g/mol. The first-order chi connectivity index (χ1) is 60.2. The fraction of sp³-hybridized carbons (Fsp3) is 0.577. The Balaban J connectivity index is -0.000000340. The molecule has 0 unspecified atom stereocenters. The summed E-state index contributed by atoms with van der Waals surface area (Å²) in [5.74, 6) is 1.08. The van der Waals surface area contributed by atoms with Crippen molar-refractivity contribution in [2.75, 3.05) is 0 Å². The normalized spacial score (nSPS) is 12.2. The number of Topliss-reactive ketones (excluding diaryl/α,β-unsaturated/α-hetero) is 6. The molecule has 0 amide bonds. The number of allylic oxidation sites excluding steroid dienone is 3. The number of carbonyl (C=O) groups excluding carboxylic acids is 6. The number of fused-ring (bicyclic) bond motifs is 5. The topological polar surface area (TPSA) is 133 Å². The number of para-hydroxylation sites is 1. The van der Waals surface area contributed by atoms with Crippen LogP contribution in [0.1, 0.15) is 477 Å². The maximum absolute atomic E-state index is 12.3. The summed E-state index contributed by atoms with van der Waals surface area (Å²) < 4.78 is 1.85. The molecular formula is C123H201N3O6. The second-order valence-electron chi connectivity index (χ2n) is 45.8. The number of rotatable bonds is 6. The van der Waals surface area contributed by atoms with Crippen molar-refractivity contribution in [3.63, 3.8) is 0 Å². The molecule has 0 fully saturated rings. The highest BCUT2D eigenvalue weighted by molar-refractivity contribution is 6.04. The lowest BCUT2D eigenvalue weighted by molar-refractivity contribution is 0.0844. The molecule has 3 aliphatic carbocycles. The van der Waals surface area contributed by atoms with Gasteiger partial charge in [-0.1, -0.05) is 482 Å². The van der Waals surface area contributed by atoms with E-state index in [0.717, 1.165) is 69.0 Å². The Bertz CT molecular complexity index is 4420. The molecule has 0 N–H and O–H groups in total.